The van der Waals surface area contributed by atoms with E-state index in [-0.39, 0.29) is 19.2 Å². The molecule has 1 aliphatic rings. The third kappa shape index (κ3) is 4.40. The number of nitrogens with one attached hydrogen (secondary N) is 2. The average Bonchev–Trinajstić information content (AvgIpc) is 3.15. The first-order valence-corrected chi connectivity index (χ1v) is 9.22. The molecule has 1 aromatic heterocycles. The first-order valence-electron chi connectivity index (χ1n) is 8.23. The fraction of sp³-hybridized carbons (Fsp3) is 0.294. The summed E-state index contributed by atoms with van der Waals surface area (Å²) in [6, 6.07) is 7.14. The summed E-state index contributed by atoms with van der Waals surface area (Å²) < 4.78 is 12.1. The molecule has 3 rings (SSSR count). The molecule has 2 aromatic rings. The van der Waals surface area contributed by atoms with E-state index in [0.717, 1.165) is 11.4 Å². The van der Waals surface area contributed by atoms with Gasteiger partial charge < -0.3 is 20.1 Å². The van der Waals surface area contributed by atoms with Crippen LogP contribution in [0.25, 0.3) is 5.69 Å². The third-order valence-corrected chi connectivity index (χ3v) is 4.74. The monoisotopic (exact) mass is 389 g/mol. The van der Waals surface area contributed by atoms with Crippen LogP contribution in [0.1, 0.15) is 6.92 Å². The van der Waals surface area contributed by atoms with Crippen LogP contribution in [0.15, 0.2) is 47.0 Å². The Morgan fingerprint density at radius 2 is 2.26 bits per heavy atom. The number of hydrogen-bond acceptors (Lipinski definition) is 7. The van der Waals surface area contributed by atoms with E-state index in [4.69, 9.17) is 9.47 Å². The molecule has 1 aromatic carbocycles. The van der Waals surface area contributed by atoms with Crippen LogP contribution in [0.5, 0.6) is 5.75 Å². The number of methoxy groups -OCH3 is 1. The van der Waals surface area contributed by atoms with Gasteiger partial charge in [-0.25, -0.2) is 9.59 Å². The fourth-order valence-electron chi connectivity index (χ4n) is 2.47. The number of amides is 2. The predicted molar refractivity (Wildman–Crippen MR) is 98.8 cm³/mol. The summed E-state index contributed by atoms with van der Waals surface area (Å²) in [7, 11) is 1.60. The van der Waals surface area contributed by atoms with Gasteiger partial charge in [-0.3, -0.25) is 4.57 Å². The van der Waals surface area contributed by atoms with Crippen molar-refractivity contribution >= 4 is 23.8 Å². The quantitative estimate of drug-likeness (QED) is 0.546. The lowest BCUT2D eigenvalue weighted by Crippen LogP contribution is -2.44. The maximum atomic E-state index is 12.1. The Morgan fingerprint density at radius 1 is 1.41 bits per heavy atom. The number of benzene rings is 1. The summed E-state index contributed by atoms with van der Waals surface area (Å²) >= 11 is 1.35. The van der Waals surface area contributed by atoms with Crippen molar-refractivity contribution in [3.05, 3.63) is 41.9 Å². The second-order valence-corrected chi connectivity index (χ2v) is 6.40. The first-order chi connectivity index (χ1) is 13.1. The molecular formula is C17H19N5O4S. The number of rotatable bonds is 7. The second-order valence-electron chi connectivity index (χ2n) is 5.46. The van der Waals surface area contributed by atoms with Crippen molar-refractivity contribution < 1.29 is 19.1 Å². The van der Waals surface area contributed by atoms with Crippen LogP contribution < -0.4 is 15.4 Å². The van der Waals surface area contributed by atoms with Gasteiger partial charge in [-0.1, -0.05) is 17.8 Å². The number of carbonyl (C=O) groups excluding carboxylic acids is 2. The number of hydrogen-bond donors (Lipinski definition) is 2. The highest BCUT2D eigenvalue weighted by Crippen LogP contribution is 2.24. The normalized spacial score (nSPS) is 13.8. The van der Waals surface area contributed by atoms with Gasteiger partial charge in [-0.2, -0.15) is 0 Å². The molecule has 0 bridgehead atoms. The average molecular weight is 389 g/mol. The van der Waals surface area contributed by atoms with Crippen molar-refractivity contribution in [2.24, 2.45) is 0 Å². The molecule has 2 heterocycles. The van der Waals surface area contributed by atoms with Gasteiger partial charge in [0.25, 0.3) is 0 Å². The van der Waals surface area contributed by atoms with Crippen molar-refractivity contribution in [3.63, 3.8) is 0 Å². The number of urea groups is 1. The summed E-state index contributed by atoms with van der Waals surface area (Å²) in [5, 5.41) is 14.0. The van der Waals surface area contributed by atoms with Gasteiger partial charge in [0.15, 0.2) is 5.16 Å². The molecule has 0 saturated carbocycles. The van der Waals surface area contributed by atoms with E-state index >= 15 is 0 Å². The molecule has 0 saturated heterocycles. The van der Waals surface area contributed by atoms with Crippen LogP contribution in [-0.2, 0) is 9.53 Å². The Balaban J connectivity index is 1.80. The molecule has 0 spiro atoms. The minimum atomic E-state index is -0.449. The Hall–Kier alpha value is -3.01. The fourth-order valence-corrected chi connectivity index (χ4v) is 3.38. The maximum absolute atomic E-state index is 12.1. The Labute approximate surface area is 160 Å². The summed E-state index contributed by atoms with van der Waals surface area (Å²) in [5.74, 6) is 0.606. The molecule has 0 aliphatic carbocycles. The molecule has 0 atom stereocenters. The lowest BCUT2D eigenvalue weighted by molar-refractivity contribution is -0.138. The van der Waals surface area contributed by atoms with Crippen LogP contribution in [0.4, 0.5) is 4.79 Å². The standard InChI is InChI=1S/C17H19N5O4S/c1-3-26-15(23)13-8-18-16(24)20-14(13)9-27-17-21-19-10-22(17)11-5-4-6-12(7-11)25-2/h4-7,10H,3,8-9H2,1-2H3,(H2,18,20,24). The molecule has 0 radical (unpaired) electrons. The summed E-state index contributed by atoms with van der Waals surface area (Å²) in [6.45, 7) is 2.13. The lowest BCUT2D eigenvalue weighted by Gasteiger charge is -2.21. The van der Waals surface area contributed by atoms with Gasteiger partial charge in [0.2, 0.25) is 0 Å². The minimum Gasteiger partial charge on any atom is -0.497 e. The number of nitrogens with zero attached hydrogens (tertiary/aromatic N) is 3. The van der Waals surface area contributed by atoms with Gasteiger partial charge >= 0.3 is 12.0 Å². The molecule has 0 unspecified atom stereocenters. The first kappa shape index (κ1) is 18.8. The molecule has 1 aliphatic heterocycles. The van der Waals surface area contributed by atoms with Crippen LogP contribution in [0.3, 0.4) is 0 Å². The van der Waals surface area contributed by atoms with Crippen molar-refractivity contribution in [2.75, 3.05) is 26.0 Å². The van der Waals surface area contributed by atoms with Crippen molar-refractivity contribution in [1.82, 2.24) is 25.4 Å². The molecular weight excluding hydrogens is 370 g/mol. The highest BCUT2D eigenvalue weighted by molar-refractivity contribution is 7.99. The van der Waals surface area contributed by atoms with E-state index in [0.29, 0.717) is 22.2 Å². The smallest absolute Gasteiger partial charge is 0.337 e. The van der Waals surface area contributed by atoms with Crippen LogP contribution in [-0.4, -0.2) is 52.8 Å². The van der Waals surface area contributed by atoms with E-state index < -0.39 is 5.97 Å². The second kappa shape index (κ2) is 8.58. The molecule has 27 heavy (non-hydrogen) atoms. The van der Waals surface area contributed by atoms with Crippen molar-refractivity contribution in [2.45, 2.75) is 12.1 Å². The van der Waals surface area contributed by atoms with Crippen molar-refractivity contribution in [1.29, 1.82) is 0 Å². The lowest BCUT2D eigenvalue weighted by atomic mass is 10.2. The zero-order valence-electron chi connectivity index (χ0n) is 14.9. The Morgan fingerprint density at radius 3 is 3.04 bits per heavy atom. The van der Waals surface area contributed by atoms with E-state index in [9.17, 15) is 9.59 Å². The highest BCUT2D eigenvalue weighted by atomic mass is 32.2. The third-order valence-electron chi connectivity index (χ3n) is 3.77. The van der Waals surface area contributed by atoms with E-state index in [1.54, 1.807) is 24.9 Å². The molecule has 142 valence electrons. The van der Waals surface area contributed by atoms with E-state index in [1.165, 1.54) is 11.8 Å². The largest absolute Gasteiger partial charge is 0.497 e. The summed E-state index contributed by atoms with van der Waals surface area (Å²) in [6.07, 6.45) is 1.60. The summed E-state index contributed by atoms with van der Waals surface area (Å²) in [5.41, 5.74) is 1.74. The molecule has 9 nitrogen and oxygen atoms in total. The number of carbonyl (C=O) groups is 2. The number of aromatic nitrogens is 3. The van der Waals surface area contributed by atoms with Crippen LogP contribution >= 0.6 is 11.8 Å². The van der Waals surface area contributed by atoms with Gasteiger partial charge in [0.1, 0.15) is 12.1 Å². The van der Waals surface area contributed by atoms with Crippen molar-refractivity contribution in [3.8, 4) is 11.4 Å². The Bertz CT molecular complexity index is 880. The van der Waals surface area contributed by atoms with E-state index in [2.05, 4.69) is 20.8 Å². The minimum absolute atomic E-state index is 0.128. The summed E-state index contributed by atoms with van der Waals surface area (Å²) in [4.78, 5) is 23.8. The van der Waals surface area contributed by atoms with Gasteiger partial charge in [-0.15, -0.1) is 10.2 Å². The topological polar surface area (TPSA) is 107 Å². The van der Waals surface area contributed by atoms with Crippen LogP contribution in [0, 0.1) is 0 Å². The van der Waals surface area contributed by atoms with E-state index in [1.807, 2.05) is 24.3 Å². The number of esters is 1. The molecule has 0 fully saturated rings. The Kier molecular flexibility index (Phi) is 5.97. The van der Waals surface area contributed by atoms with Gasteiger partial charge in [0, 0.05) is 17.5 Å². The SMILES string of the molecule is CCOC(=O)C1=C(CSc2nncn2-c2cccc(OC)c2)NC(=O)NC1. The highest BCUT2D eigenvalue weighted by Gasteiger charge is 2.24. The molecule has 2 N–H and O–H groups in total. The zero-order valence-corrected chi connectivity index (χ0v) is 15.7. The molecule has 2 amide bonds. The van der Waals surface area contributed by atoms with Crippen LogP contribution in [0.2, 0.25) is 0 Å². The maximum Gasteiger partial charge on any atom is 0.337 e. The molecule has 10 heteroatoms. The number of thioether (sulfide) groups is 1. The predicted octanol–water partition coefficient (Wildman–Crippen LogP) is 1.50. The number of ether oxygens (including phenoxy) is 2. The van der Waals surface area contributed by atoms with Gasteiger partial charge in [0.05, 0.1) is 31.5 Å². The zero-order chi connectivity index (χ0) is 19.2. The van der Waals surface area contributed by atoms with Gasteiger partial charge in [-0.05, 0) is 19.1 Å².